The number of carboxylic acids is 1. The first-order valence-electron chi connectivity index (χ1n) is 14.7. The second-order valence-electron chi connectivity index (χ2n) is 12.3. The van der Waals surface area contributed by atoms with Gasteiger partial charge in [-0.25, -0.2) is 4.79 Å². The van der Waals surface area contributed by atoms with Crippen LogP contribution >= 0.6 is 0 Å². The molecule has 8 nitrogen and oxygen atoms in total. The predicted molar refractivity (Wildman–Crippen MR) is 159 cm³/mol. The molecule has 7 rings (SSSR count). The molecule has 3 fully saturated rings. The van der Waals surface area contributed by atoms with E-state index in [-0.39, 0.29) is 23.4 Å². The van der Waals surface area contributed by atoms with E-state index in [0.717, 1.165) is 47.3 Å². The number of hydrogen-bond donors (Lipinski definition) is 2. The van der Waals surface area contributed by atoms with Gasteiger partial charge in [0.25, 0.3) is 0 Å². The largest absolute Gasteiger partial charge is 0.495 e. The van der Waals surface area contributed by atoms with Crippen LogP contribution < -0.4 is 15.0 Å². The third-order valence-corrected chi connectivity index (χ3v) is 9.73. The van der Waals surface area contributed by atoms with Crippen LogP contribution in [0, 0.1) is 25.7 Å². The molecule has 2 amide bonds. The van der Waals surface area contributed by atoms with Crippen LogP contribution in [-0.4, -0.2) is 54.0 Å². The minimum atomic E-state index is -1.06. The number of methoxy groups -OCH3 is 1. The SMILES string of the molecule is COc1cc(C(=O)O)ccc1N1CC[C@H]2[C@@H](C1=O)[C@H](c1cccc(C)c1)[C@]1(C(=O)Nc3cc(C)ccc31)N2CC1CC1. The number of amides is 2. The van der Waals surface area contributed by atoms with Crippen molar-refractivity contribution in [1.82, 2.24) is 4.90 Å². The normalized spacial score (nSPS) is 26.7. The molecule has 4 aliphatic rings. The van der Waals surface area contributed by atoms with Crippen molar-refractivity contribution >= 4 is 29.2 Å². The molecule has 3 aliphatic heterocycles. The Morgan fingerprint density at radius 2 is 1.81 bits per heavy atom. The van der Waals surface area contributed by atoms with Crippen LogP contribution in [0.15, 0.2) is 60.7 Å². The number of aryl methyl sites for hydroxylation is 2. The standard InChI is InChI=1S/C34H35N3O5/c1-19-5-4-6-22(15-19)30-29-27(13-14-36(31(29)38)26-12-10-23(32(39)40)17-28(26)42-3)37(18-21-8-9-21)34(30)24-11-7-20(2)16-25(24)35-33(34)41/h4-7,10-12,15-17,21,27,29-30H,8-9,13-14,18H2,1-3H3,(H,35,41)(H,39,40)/t27-,29+,30-,34+/m0/s1. The average Bonchev–Trinajstić information content (AvgIpc) is 3.68. The molecule has 3 heterocycles. The van der Waals surface area contributed by atoms with Crippen LogP contribution in [0.3, 0.4) is 0 Å². The zero-order valence-electron chi connectivity index (χ0n) is 24.1. The second kappa shape index (κ2) is 9.70. The Balaban J connectivity index is 1.42. The van der Waals surface area contributed by atoms with E-state index in [1.165, 1.54) is 19.2 Å². The lowest BCUT2D eigenvalue weighted by atomic mass is 9.70. The molecule has 0 radical (unpaired) electrons. The van der Waals surface area contributed by atoms with Gasteiger partial charge in [-0.15, -0.1) is 0 Å². The van der Waals surface area contributed by atoms with Crippen molar-refractivity contribution in [3.8, 4) is 5.75 Å². The Morgan fingerprint density at radius 1 is 1.02 bits per heavy atom. The van der Waals surface area contributed by atoms with E-state index in [2.05, 4.69) is 34.5 Å². The van der Waals surface area contributed by atoms with E-state index in [0.29, 0.717) is 30.3 Å². The summed E-state index contributed by atoms with van der Waals surface area (Å²) in [5.74, 6) is -1.23. The van der Waals surface area contributed by atoms with Crippen LogP contribution in [0.1, 0.15) is 57.8 Å². The average molecular weight is 566 g/mol. The highest BCUT2D eigenvalue weighted by Crippen LogP contribution is 2.62. The molecule has 4 atom stereocenters. The number of rotatable bonds is 6. The van der Waals surface area contributed by atoms with Gasteiger partial charge < -0.3 is 20.1 Å². The Hall–Kier alpha value is -4.17. The number of hydrogen-bond acceptors (Lipinski definition) is 5. The first-order chi connectivity index (χ1) is 20.2. The van der Waals surface area contributed by atoms with Crippen molar-refractivity contribution in [1.29, 1.82) is 0 Å². The Bertz CT molecular complexity index is 1630. The van der Waals surface area contributed by atoms with E-state index in [1.807, 2.05) is 32.0 Å². The maximum Gasteiger partial charge on any atom is 0.335 e. The lowest BCUT2D eigenvalue weighted by molar-refractivity contribution is -0.128. The first-order valence-corrected chi connectivity index (χ1v) is 14.7. The van der Waals surface area contributed by atoms with Crippen LogP contribution in [0.5, 0.6) is 5.75 Å². The molecule has 216 valence electrons. The van der Waals surface area contributed by atoms with Crippen molar-refractivity contribution < 1.29 is 24.2 Å². The fourth-order valence-corrected chi connectivity index (χ4v) is 7.78. The highest BCUT2D eigenvalue weighted by molar-refractivity contribution is 6.09. The third-order valence-electron chi connectivity index (χ3n) is 9.73. The molecule has 42 heavy (non-hydrogen) atoms. The summed E-state index contributed by atoms with van der Waals surface area (Å²) in [5, 5.41) is 12.8. The Labute approximate surface area is 245 Å². The van der Waals surface area contributed by atoms with Gasteiger partial charge in [-0.2, -0.15) is 0 Å². The van der Waals surface area contributed by atoms with E-state index in [1.54, 1.807) is 11.0 Å². The van der Waals surface area contributed by atoms with Gasteiger partial charge in [0.15, 0.2) is 0 Å². The number of carboxylic acid groups (broad SMARTS) is 1. The van der Waals surface area contributed by atoms with E-state index >= 15 is 0 Å². The smallest absolute Gasteiger partial charge is 0.335 e. The number of anilines is 2. The van der Waals surface area contributed by atoms with Crippen molar-refractivity contribution in [2.24, 2.45) is 11.8 Å². The number of carbonyl (C=O) groups is 3. The van der Waals surface area contributed by atoms with Crippen molar-refractivity contribution in [2.45, 2.75) is 50.6 Å². The maximum absolute atomic E-state index is 14.8. The molecule has 0 aromatic heterocycles. The zero-order chi connectivity index (χ0) is 29.3. The number of nitrogens with zero attached hydrogens (tertiary/aromatic N) is 2. The van der Waals surface area contributed by atoms with Crippen LogP contribution in [0.4, 0.5) is 11.4 Å². The predicted octanol–water partition coefficient (Wildman–Crippen LogP) is 5.09. The van der Waals surface area contributed by atoms with Crippen LogP contribution in [-0.2, 0) is 15.1 Å². The van der Waals surface area contributed by atoms with Crippen molar-refractivity contribution in [3.63, 3.8) is 0 Å². The van der Waals surface area contributed by atoms with Gasteiger partial charge in [-0.1, -0.05) is 42.0 Å². The fourth-order valence-electron chi connectivity index (χ4n) is 7.78. The molecule has 2 saturated heterocycles. The summed E-state index contributed by atoms with van der Waals surface area (Å²) in [4.78, 5) is 45.1. The fraction of sp³-hybridized carbons (Fsp3) is 0.382. The highest BCUT2D eigenvalue weighted by atomic mass is 16.5. The first kappa shape index (κ1) is 26.7. The number of carbonyl (C=O) groups excluding carboxylic acids is 2. The molecule has 3 aromatic carbocycles. The van der Waals surface area contributed by atoms with Gasteiger partial charge in [0, 0.05) is 36.3 Å². The van der Waals surface area contributed by atoms with E-state index in [9.17, 15) is 19.5 Å². The van der Waals surface area contributed by atoms with Gasteiger partial charge >= 0.3 is 5.97 Å². The van der Waals surface area contributed by atoms with Crippen LogP contribution in [0.25, 0.3) is 0 Å². The minimum absolute atomic E-state index is 0.0626. The number of aromatic carboxylic acids is 1. The number of likely N-dealkylation sites (tertiary alicyclic amines) is 1. The monoisotopic (exact) mass is 565 g/mol. The molecule has 2 N–H and O–H groups in total. The molecule has 3 aromatic rings. The second-order valence-corrected chi connectivity index (χ2v) is 12.3. The summed E-state index contributed by atoms with van der Waals surface area (Å²) >= 11 is 0. The van der Waals surface area contributed by atoms with E-state index < -0.39 is 23.3 Å². The van der Waals surface area contributed by atoms with Gasteiger partial charge in [0.1, 0.15) is 11.3 Å². The number of nitrogens with one attached hydrogen (secondary N) is 1. The molecular weight excluding hydrogens is 530 g/mol. The molecule has 1 saturated carbocycles. The van der Waals surface area contributed by atoms with Gasteiger partial charge in [0.2, 0.25) is 11.8 Å². The maximum atomic E-state index is 14.8. The summed E-state index contributed by atoms with van der Waals surface area (Å²) in [6.07, 6.45) is 2.95. The highest BCUT2D eigenvalue weighted by Gasteiger charge is 2.69. The number of benzene rings is 3. The molecule has 1 aliphatic carbocycles. The molecule has 8 heteroatoms. The quantitative estimate of drug-likeness (QED) is 0.432. The zero-order valence-corrected chi connectivity index (χ0v) is 24.1. The van der Waals surface area contributed by atoms with E-state index in [4.69, 9.17) is 4.74 Å². The van der Waals surface area contributed by atoms with Gasteiger partial charge in [-0.3, -0.25) is 14.5 Å². The molecule has 0 unspecified atom stereocenters. The molecular formula is C34H35N3O5. The summed E-state index contributed by atoms with van der Waals surface area (Å²) in [6.45, 7) is 5.29. The van der Waals surface area contributed by atoms with Crippen molar-refractivity contribution in [2.75, 3.05) is 30.4 Å². The number of ether oxygens (including phenoxy) is 1. The summed E-state index contributed by atoms with van der Waals surface area (Å²) in [5.41, 5.74) is 4.54. The number of fused-ring (bicyclic) bond motifs is 3. The van der Waals surface area contributed by atoms with Crippen LogP contribution in [0.2, 0.25) is 0 Å². The van der Waals surface area contributed by atoms with Crippen molar-refractivity contribution in [3.05, 3.63) is 88.5 Å². The molecule has 1 spiro atoms. The van der Waals surface area contributed by atoms with Gasteiger partial charge in [-0.05, 0) is 74.4 Å². The van der Waals surface area contributed by atoms with Gasteiger partial charge in [0.05, 0.1) is 24.3 Å². The summed E-state index contributed by atoms with van der Waals surface area (Å²) in [6, 6.07) is 18.9. The number of piperidine rings is 1. The summed E-state index contributed by atoms with van der Waals surface area (Å²) in [7, 11) is 1.49. The summed E-state index contributed by atoms with van der Waals surface area (Å²) < 4.78 is 5.59. The lowest BCUT2D eigenvalue weighted by Crippen LogP contribution is -2.54. The minimum Gasteiger partial charge on any atom is -0.495 e. The third kappa shape index (κ3) is 3.88. The Morgan fingerprint density at radius 3 is 2.52 bits per heavy atom. The topological polar surface area (TPSA) is 99.2 Å². The Kier molecular flexibility index (Phi) is 6.17. The molecule has 0 bridgehead atoms. The lowest BCUT2D eigenvalue weighted by Gasteiger charge is -2.40.